The van der Waals surface area contributed by atoms with Crippen LogP contribution in [0.1, 0.15) is 39.0 Å². The summed E-state index contributed by atoms with van der Waals surface area (Å²) in [4.78, 5) is 12.1. The van der Waals surface area contributed by atoms with Gasteiger partial charge in [-0.25, -0.2) is 0 Å². The molecule has 1 aliphatic rings. The van der Waals surface area contributed by atoms with Gasteiger partial charge in [0.2, 0.25) is 5.91 Å². The summed E-state index contributed by atoms with van der Waals surface area (Å²) >= 11 is 0. The highest BCUT2D eigenvalue weighted by atomic mass is 35.5. The van der Waals surface area contributed by atoms with Crippen LogP contribution in [0, 0.1) is 0 Å². The van der Waals surface area contributed by atoms with Crippen molar-refractivity contribution in [2.45, 2.75) is 44.6 Å². The highest BCUT2D eigenvalue weighted by molar-refractivity contribution is 5.98. The molecule has 3 N–H and O–H groups in total. The van der Waals surface area contributed by atoms with Crippen molar-refractivity contribution in [2.24, 2.45) is 5.73 Å². The Morgan fingerprint density at radius 3 is 2.45 bits per heavy atom. The van der Waals surface area contributed by atoms with Crippen LogP contribution in [0.15, 0.2) is 24.3 Å². The van der Waals surface area contributed by atoms with E-state index < -0.39 is 5.54 Å². The van der Waals surface area contributed by atoms with Crippen molar-refractivity contribution in [2.75, 3.05) is 11.9 Å². The van der Waals surface area contributed by atoms with Crippen LogP contribution < -0.4 is 15.8 Å². The first kappa shape index (κ1) is 16.8. The molecule has 0 aliphatic heterocycles. The van der Waals surface area contributed by atoms with E-state index in [4.69, 9.17) is 10.5 Å². The number of carbonyl (C=O) groups excluding carboxylic acids is 1. The molecule has 1 aromatic carbocycles. The summed E-state index contributed by atoms with van der Waals surface area (Å²) in [7, 11) is 0. The van der Waals surface area contributed by atoms with Crippen LogP contribution >= 0.6 is 12.4 Å². The summed E-state index contributed by atoms with van der Waals surface area (Å²) in [6, 6.07) is 7.43. The van der Waals surface area contributed by atoms with E-state index in [1.807, 2.05) is 24.3 Å². The van der Waals surface area contributed by atoms with Gasteiger partial charge in [0.15, 0.2) is 0 Å². The first-order valence-electron chi connectivity index (χ1n) is 6.97. The molecule has 1 fully saturated rings. The summed E-state index contributed by atoms with van der Waals surface area (Å²) in [5, 5.41) is 2.89. The molecular formula is C15H23ClN2O2. The topological polar surface area (TPSA) is 64.3 Å². The number of amides is 1. The molecule has 2 rings (SSSR count). The first-order valence-corrected chi connectivity index (χ1v) is 6.97. The van der Waals surface area contributed by atoms with Gasteiger partial charge in [-0.3, -0.25) is 4.79 Å². The number of benzene rings is 1. The maximum Gasteiger partial charge on any atom is 0.244 e. The van der Waals surface area contributed by atoms with Gasteiger partial charge in [0.1, 0.15) is 5.75 Å². The van der Waals surface area contributed by atoms with E-state index in [1.165, 1.54) is 0 Å². The number of hydrogen-bond acceptors (Lipinski definition) is 3. The summed E-state index contributed by atoms with van der Waals surface area (Å²) in [6.07, 6.45) is 4.60. The fraction of sp³-hybridized carbons (Fsp3) is 0.533. The lowest BCUT2D eigenvalue weighted by molar-refractivity contribution is -0.121. The van der Waals surface area contributed by atoms with Crippen LogP contribution in [0.3, 0.4) is 0 Å². The fourth-order valence-corrected chi connectivity index (χ4v) is 2.34. The molecule has 4 nitrogen and oxygen atoms in total. The van der Waals surface area contributed by atoms with E-state index in [1.54, 1.807) is 0 Å². The SMILES string of the molecule is CCCOc1ccc(NC(=O)C2(N)CCCC2)cc1.Cl. The molecule has 5 heteroatoms. The molecule has 0 heterocycles. The highest BCUT2D eigenvalue weighted by Crippen LogP contribution is 2.28. The fourth-order valence-electron chi connectivity index (χ4n) is 2.34. The van der Waals surface area contributed by atoms with Gasteiger partial charge in [0, 0.05) is 5.69 Å². The molecule has 0 spiro atoms. The Bertz CT molecular complexity index is 428. The second-order valence-electron chi connectivity index (χ2n) is 5.19. The van der Waals surface area contributed by atoms with Crippen LogP contribution in [-0.2, 0) is 4.79 Å². The molecule has 112 valence electrons. The molecule has 1 aromatic rings. The average Bonchev–Trinajstić information content (AvgIpc) is 2.86. The predicted molar refractivity (Wildman–Crippen MR) is 83.5 cm³/mol. The third kappa shape index (κ3) is 4.12. The van der Waals surface area contributed by atoms with Gasteiger partial charge in [0.25, 0.3) is 0 Å². The number of nitrogens with one attached hydrogen (secondary N) is 1. The molecule has 0 saturated heterocycles. The number of hydrogen-bond donors (Lipinski definition) is 2. The van der Waals surface area contributed by atoms with Crippen LogP contribution in [0.2, 0.25) is 0 Å². The zero-order chi connectivity index (χ0) is 13.7. The van der Waals surface area contributed by atoms with E-state index in [-0.39, 0.29) is 18.3 Å². The monoisotopic (exact) mass is 298 g/mol. The van der Waals surface area contributed by atoms with E-state index in [0.717, 1.165) is 43.5 Å². The van der Waals surface area contributed by atoms with Gasteiger partial charge >= 0.3 is 0 Å². The molecule has 0 bridgehead atoms. The van der Waals surface area contributed by atoms with Crippen LogP contribution in [-0.4, -0.2) is 18.1 Å². The lowest BCUT2D eigenvalue weighted by Crippen LogP contribution is -2.48. The Kier molecular flexibility index (Phi) is 6.30. The molecule has 0 atom stereocenters. The van der Waals surface area contributed by atoms with Crippen molar-refractivity contribution in [3.63, 3.8) is 0 Å². The summed E-state index contributed by atoms with van der Waals surface area (Å²) in [5.41, 5.74) is 6.20. The van der Waals surface area contributed by atoms with Crippen molar-refractivity contribution in [1.29, 1.82) is 0 Å². The molecule has 20 heavy (non-hydrogen) atoms. The van der Waals surface area contributed by atoms with Crippen molar-refractivity contribution in [1.82, 2.24) is 0 Å². The lowest BCUT2D eigenvalue weighted by Gasteiger charge is -2.22. The van der Waals surface area contributed by atoms with Crippen molar-refractivity contribution in [3.8, 4) is 5.75 Å². The normalized spacial score (nSPS) is 16.3. The molecular weight excluding hydrogens is 276 g/mol. The van der Waals surface area contributed by atoms with Crippen molar-refractivity contribution < 1.29 is 9.53 Å². The zero-order valence-electron chi connectivity index (χ0n) is 11.9. The van der Waals surface area contributed by atoms with Crippen LogP contribution in [0.5, 0.6) is 5.75 Å². The van der Waals surface area contributed by atoms with E-state index >= 15 is 0 Å². The minimum Gasteiger partial charge on any atom is -0.494 e. The highest BCUT2D eigenvalue weighted by Gasteiger charge is 2.36. The van der Waals surface area contributed by atoms with E-state index in [9.17, 15) is 4.79 Å². The number of nitrogens with two attached hydrogens (primary N) is 1. The maximum atomic E-state index is 12.1. The molecule has 0 aromatic heterocycles. The molecule has 1 amide bonds. The Balaban J connectivity index is 0.00000200. The standard InChI is InChI=1S/C15H22N2O2.ClH/c1-2-11-19-13-7-5-12(6-8-13)17-14(18)15(16)9-3-4-10-15;/h5-8H,2-4,9-11,16H2,1H3,(H,17,18);1H. The second kappa shape index (κ2) is 7.50. The number of rotatable bonds is 5. The summed E-state index contributed by atoms with van der Waals surface area (Å²) in [5.74, 6) is 0.746. The Morgan fingerprint density at radius 2 is 1.90 bits per heavy atom. The average molecular weight is 299 g/mol. The predicted octanol–water partition coefficient (Wildman–Crippen LogP) is 3.11. The minimum atomic E-state index is -0.683. The van der Waals surface area contributed by atoms with Gasteiger partial charge < -0.3 is 15.8 Å². The third-order valence-corrected chi connectivity index (χ3v) is 3.53. The van der Waals surface area contributed by atoms with Crippen molar-refractivity contribution >= 4 is 24.0 Å². The van der Waals surface area contributed by atoms with Crippen LogP contribution in [0.4, 0.5) is 5.69 Å². The largest absolute Gasteiger partial charge is 0.494 e. The third-order valence-electron chi connectivity index (χ3n) is 3.53. The second-order valence-corrected chi connectivity index (χ2v) is 5.19. The Hall–Kier alpha value is -1.26. The van der Waals surface area contributed by atoms with Gasteiger partial charge in [-0.15, -0.1) is 12.4 Å². The summed E-state index contributed by atoms with van der Waals surface area (Å²) < 4.78 is 5.50. The van der Waals surface area contributed by atoms with E-state index in [0.29, 0.717) is 6.61 Å². The smallest absolute Gasteiger partial charge is 0.244 e. The quantitative estimate of drug-likeness (QED) is 0.878. The van der Waals surface area contributed by atoms with E-state index in [2.05, 4.69) is 12.2 Å². The number of halogens is 1. The first-order chi connectivity index (χ1) is 9.14. The van der Waals surface area contributed by atoms with Gasteiger partial charge in [-0.1, -0.05) is 19.8 Å². The molecule has 0 unspecified atom stereocenters. The molecule has 1 saturated carbocycles. The minimum absolute atomic E-state index is 0. The van der Waals surface area contributed by atoms with Gasteiger partial charge in [0.05, 0.1) is 12.1 Å². The number of carbonyl (C=O) groups is 1. The lowest BCUT2D eigenvalue weighted by atomic mass is 9.98. The maximum absolute atomic E-state index is 12.1. The Labute approximate surface area is 126 Å². The van der Waals surface area contributed by atoms with Crippen molar-refractivity contribution in [3.05, 3.63) is 24.3 Å². The van der Waals surface area contributed by atoms with Crippen LogP contribution in [0.25, 0.3) is 0 Å². The van der Waals surface area contributed by atoms with Gasteiger partial charge in [-0.2, -0.15) is 0 Å². The molecule has 1 aliphatic carbocycles. The Morgan fingerprint density at radius 1 is 1.30 bits per heavy atom. The van der Waals surface area contributed by atoms with Gasteiger partial charge in [-0.05, 0) is 43.5 Å². The molecule has 0 radical (unpaired) electrons. The zero-order valence-corrected chi connectivity index (χ0v) is 12.7. The summed E-state index contributed by atoms with van der Waals surface area (Å²) in [6.45, 7) is 2.77. The number of ether oxygens (including phenoxy) is 1. The number of anilines is 1.